The van der Waals surface area contributed by atoms with E-state index < -0.39 is 0 Å². The Labute approximate surface area is 126 Å². The Morgan fingerprint density at radius 2 is 1.64 bits per heavy atom. The zero-order valence-corrected chi connectivity index (χ0v) is 11.3. The number of benzene rings is 2. The number of nitrogens with one attached hydrogen (secondary N) is 1. The van der Waals surface area contributed by atoms with Gasteiger partial charge in [-0.1, -0.05) is 0 Å². The van der Waals surface area contributed by atoms with E-state index in [-0.39, 0.29) is 11.7 Å². The third-order valence-corrected chi connectivity index (χ3v) is 3.14. The third-order valence-electron chi connectivity index (χ3n) is 3.14. The second-order valence-electron chi connectivity index (χ2n) is 4.62. The highest BCUT2D eigenvalue weighted by atomic mass is 16.3. The molecule has 0 aliphatic heterocycles. The number of nitriles is 2. The van der Waals surface area contributed by atoms with Crippen LogP contribution in [0.2, 0.25) is 0 Å². The topological polar surface area (TPSA) is 89.8 Å². The summed E-state index contributed by atoms with van der Waals surface area (Å²) in [7, 11) is 0. The van der Waals surface area contributed by atoms with Crippen LogP contribution in [0.3, 0.4) is 0 Å². The summed E-state index contributed by atoms with van der Waals surface area (Å²) in [5.74, 6) is -0.228. The number of furan rings is 1. The molecule has 2 aromatic carbocycles. The van der Waals surface area contributed by atoms with Crippen LogP contribution in [-0.2, 0) is 0 Å². The molecule has 0 atom stereocenters. The lowest BCUT2D eigenvalue weighted by Gasteiger charge is -2.02. The number of carbonyl (C=O) groups excluding carboxylic acids is 1. The quantitative estimate of drug-likeness (QED) is 0.781. The monoisotopic (exact) mass is 287 g/mol. The van der Waals surface area contributed by atoms with E-state index in [2.05, 4.69) is 5.32 Å². The van der Waals surface area contributed by atoms with E-state index in [1.807, 2.05) is 12.1 Å². The van der Waals surface area contributed by atoms with Crippen molar-refractivity contribution >= 4 is 22.6 Å². The highest BCUT2D eigenvalue weighted by molar-refractivity contribution is 6.04. The van der Waals surface area contributed by atoms with Gasteiger partial charge in [-0.05, 0) is 48.5 Å². The van der Waals surface area contributed by atoms with Gasteiger partial charge in [-0.15, -0.1) is 0 Å². The standard InChI is InChI=1S/C17H9N3O2/c18-9-11-2-5-14(6-3-11)20-17(21)16-8-13-4-1-12(10-19)7-15(13)22-16/h1-8H,(H,20,21). The summed E-state index contributed by atoms with van der Waals surface area (Å²) < 4.78 is 5.47. The van der Waals surface area contributed by atoms with Gasteiger partial charge >= 0.3 is 0 Å². The first kappa shape index (κ1) is 13.4. The molecule has 0 unspecified atom stereocenters. The summed E-state index contributed by atoms with van der Waals surface area (Å²) >= 11 is 0. The molecule has 0 radical (unpaired) electrons. The van der Waals surface area contributed by atoms with Gasteiger partial charge in [-0.3, -0.25) is 4.79 Å². The van der Waals surface area contributed by atoms with Crippen LogP contribution in [0.4, 0.5) is 5.69 Å². The zero-order chi connectivity index (χ0) is 15.5. The van der Waals surface area contributed by atoms with Gasteiger partial charge < -0.3 is 9.73 Å². The molecule has 1 heterocycles. The number of amides is 1. The maximum atomic E-state index is 12.2. The number of rotatable bonds is 2. The Morgan fingerprint density at radius 1 is 0.955 bits per heavy atom. The molecular formula is C17H9N3O2. The van der Waals surface area contributed by atoms with Crippen LogP contribution in [0, 0.1) is 22.7 Å². The predicted molar refractivity (Wildman–Crippen MR) is 80.0 cm³/mol. The van der Waals surface area contributed by atoms with Crippen molar-refractivity contribution in [2.24, 2.45) is 0 Å². The van der Waals surface area contributed by atoms with E-state index in [9.17, 15) is 4.79 Å². The van der Waals surface area contributed by atoms with Crippen LogP contribution in [0.5, 0.6) is 0 Å². The van der Waals surface area contributed by atoms with Gasteiger partial charge in [-0.2, -0.15) is 10.5 Å². The molecule has 3 rings (SSSR count). The number of carbonyl (C=O) groups is 1. The summed E-state index contributed by atoms with van der Waals surface area (Å²) in [5, 5.41) is 21.0. The Kier molecular flexibility index (Phi) is 3.31. The van der Waals surface area contributed by atoms with Crippen LogP contribution in [0.15, 0.2) is 52.9 Å². The van der Waals surface area contributed by atoms with Crippen molar-refractivity contribution in [3.63, 3.8) is 0 Å². The van der Waals surface area contributed by atoms with Crippen LogP contribution >= 0.6 is 0 Å². The van der Waals surface area contributed by atoms with Crippen LogP contribution in [0.1, 0.15) is 21.7 Å². The van der Waals surface area contributed by atoms with Gasteiger partial charge in [0.25, 0.3) is 5.91 Å². The summed E-state index contributed by atoms with van der Waals surface area (Å²) in [6, 6.07) is 17.2. The van der Waals surface area contributed by atoms with Crippen molar-refractivity contribution in [2.45, 2.75) is 0 Å². The maximum absolute atomic E-state index is 12.2. The lowest BCUT2D eigenvalue weighted by atomic mass is 10.2. The number of fused-ring (bicyclic) bond motifs is 1. The van der Waals surface area contributed by atoms with E-state index in [1.54, 1.807) is 48.5 Å². The van der Waals surface area contributed by atoms with Crippen LogP contribution < -0.4 is 5.32 Å². The normalized spacial score (nSPS) is 9.91. The van der Waals surface area contributed by atoms with Gasteiger partial charge in [0.05, 0.1) is 23.3 Å². The second-order valence-corrected chi connectivity index (χ2v) is 4.62. The number of anilines is 1. The van der Waals surface area contributed by atoms with E-state index in [4.69, 9.17) is 14.9 Å². The molecule has 0 saturated heterocycles. The SMILES string of the molecule is N#Cc1ccc(NC(=O)c2cc3ccc(C#N)cc3o2)cc1. The molecule has 1 aromatic heterocycles. The highest BCUT2D eigenvalue weighted by Crippen LogP contribution is 2.21. The fraction of sp³-hybridized carbons (Fsp3) is 0. The molecule has 3 aromatic rings. The van der Waals surface area contributed by atoms with Crippen molar-refractivity contribution in [2.75, 3.05) is 5.32 Å². The summed E-state index contributed by atoms with van der Waals surface area (Å²) in [4.78, 5) is 12.2. The van der Waals surface area contributed by atoms with E-state index in [0.717, 1.165) is 5.39 Å². The van der Waals surface area contributed by atoms with Gasteiger partial charge in [0.1, 0.15) is 5.58 Å². The van der Waals surface area contributed by atoms with Crippen molar-refractivity contribution in [1.82, 2.24) is 0 Å². The first-order chi connectivity index (χ1) is 10.7. The molecule has 0 aliphatic rings. The fourth-order valence-electron chi connectivity index (χ4n) is 2.03. The second kappa shape index (κ2) is 5.43. The summed E-state index contributed by atoms with van der Waals surface area (Å²) in [6.07, 6.45) is 0. The van der Waals surface area contributed by atoms with Crippen LogP contribution in [0.25, 0.3) is 11.0 Å². The molecule has 0 fully saturated rings. The fourth-order valence-corrected chi connectivity index (χ4v) is 2.03. The lowest BCUT2D eigenvalue weighted by Crippen LogP contribution is -2.10. The first-order valence-corrected chi connectivity index (χ1v) is 6.45. The van der Waals surface area contributed by atoms with Gasteiger partial charge in [0.2, 0.25) is 0 Å². The maximum Gasteiger partial charge on any atom is 0.291 e. The Bertz CT molecular complexity index is 941. The predicted octanol–water partition coefficient (Wildman–Crippen LogP) is 3.43. The van der Waals surface area contributed by atoms with Gasteiger partial charge in [0.15, 0.2) is 5.76 Å². The molecule has 0 spiro atoms. The number of nitrogens with zero attached hydrogens (tertiary/aromatic N) is 2. The highest BCUT2D eigenvalue weighted by Gasteiger charge is 2.13. The van der Waals surface area contributed by atoms with Gasteiger partial charge in [0, 0.05) is 11.1 Å². The Morgan fingerprint density at radius 3 is 2.32 bits per heavy atom. The molecule has 1 amide bonds. The molecule has 1 N–H and O–H groups in total. The smallest absolute Gasteiger partial charge is 0.291 e. The molecule has 0 saturated carbocycles. The van der Waals surface area contributed by atoms with Crippen molar-refractivity contribution in [3.8, 4) is 12.1 Å². The minimum Gasteiger partial charge on any atom is -0.451 e. The average Bonchev–Trinajstić information content (AvgIpc) is 2.98. The molecule has 0 bridgehead atoms. The molecular weight excluding hydrogens is 278 g/mol. The number of hydrogen-bond acceptors (Lipinski definition) is 4. The van der Waals surface area contributed by atoms with Gasteiger partial charge in [-0.25, -0.2) is 0 Å². The van der Waals surface area contributed by atoms with Crippen molar-refractivity contribution < 1.29 is 9.21 Å². The van der Waals surface area contributed by atoms with Crippen molar-refractivity contribution in [3.05, 3.63) is 65.4 Å². The minimum absolute atomic E-state index is 0.162. The van der Waals surface area contributed by atoms with Crippen LogP contribution in [-0.4, -0.2) is 5.91 Å². The summed E-state index contributed by atoms with van der Waals surface area (Å²) in [5.41, 5.74) is 2.05. The average molecular weight is 287 g/mol. The Hall–Kier alpha value is -3.57. The van der Waals surface area contributed by atoms with E-state index in [0.29, 0.717) is 22.4 Å². The molecule has 0 aliphatic carbocycles. The molecule has 5 nitrogen and oxygen atoms in total. The van der Waals surface area contributed by atoms with E-state index in [1.165, 1.54) is 0 Å². The summed E-state index contributed by atoms with van der Waals surface area (Å²) in [6.45, 7) is 0. The van der Waals surface area contributed by atoms with E-state index >= 15 is 0 Å². The third kappa shape index (κ3) is 2.52. The molecule has 22 heavy (non-hydrogen) atoms. The minimum atomic E-state index is -0.389. The zero-order valence-electron chi connectivity index (χ0n) is 11.3. The number of hydrogen-bond donors (Lipinski definition) is 1. The van der Waals surface area contributed by atoms with Crippen molar-refractivity contribution in [1.29, 1.82) is 10.5 Å². The molecule has 5 heteroatoms. The lowest BCUT2D eigenvalue weighted by molar-refractivity contribution is 0.0998. The first-order valence-electron chi connectivity index (χ1n) is 6.45. The molecule has 104 valence electrons. The largest absolute Gasteiger partial charge is 0.451 e. The Balaban J connectivity index is 1.85.